The number of amides is 1. The molecule has 0 bridgehead atoms. The molecule has 8 unspecified atom stereocenters. The molecule has 3 saturated heterocycles. The van der Waals surface area contributed by atoms with Gasteiger partial charge >= 0.3 is 5.97 Å². The number of thioether (sulfide) groups is 1. The molecule has 242 valence electrons. The van der Waals surface area contributed by atoms with Crippen LogP contribution in [0.3, 0.4) is 0 Å². The molecule has 5 N–H and O–H groups in total. The molecule has 13 heteroatoms. The van der Waals surface area contributed by atoms with Gasteiger partial charge in [0.2, 0.25) is 5.91 Å². The molecule has 3 aliphatic rings. The number of carbonyl (C=O) groups excluding carboxylic acids is 1. The monoisotopic (exact) mass is 616 g/mol. The second kappa shape index (κ2) is 17.7. The second-order valence-electron chi connectivity index (χ2n) is 11.9. The molecule has 0 spiro atoms. The molecule has 8 atom stereocenters. The summed E-state index contributed by atoms with van der Waals surface area (Å²) in [7, 11) is 0. The number of aliphatic hydroxyl groups excluding tert-OH is 2. The molecule has 0 radical (unpaired) electrons. The molecule has 3 fully saturated rings. The first-order valence-electron chi connectivity index (χ1n) is 15.4. The number of carbonyl (C=O) groups is 2. The zero-order valence-corrected chi connectivity index (χ0v) is 26.4. The van der Waals surface area contributed by atoms with Gasteiger partial charge < -0.3 is 40.2 Å². The number of ether oxygens (including phenoxy) is 3. The second-order valence-corrected chi connectivity index (χ2v) is 12.8. The summed E-state index contributed by atoms with van der Waals surface area (Å²) in [6, 6.07) is -0.847. The molecule has 1 amide bonds. The van der Waals surface area contributed by atoms with E-state index in [4.69, 9.17) is 14.2 Å². The van der Waals surface area contributed by atoms with E-state index in [9.17, 15) is 24.9 Å². The molecule has 0 aromatic heterocycles. The minimum atomic E-state index is -1.34. The fourth-order valence-electron chi connectivity index (χ4n) is 5.92. The van der Waals surface area contributed by atoms with Crippen LogP contribution in [0.25, 0.3) is 0 Å². The molecular weight excluding hydrogens is 564 g/mol. The summed E-state index contributed by atoms with van der Waals surface area (Å²) < 4.78 is 17.8. The Hall–Kier alpha value is -1.48. The van der Waals surface area contributed by atoms with E-state index in [1.807, 2.05) is 20.1 Å². The number of aliphatic carboxylic acids is 1. The lowest BCUT2D eigenvalue weighted by Gasteiger charge is -2.46. The Morgan fingerprint density at radius 2 is 1.93 bits per heavy atom. The molecule has 3 rings (SSSR count). The number of carboxylic acid groups (broad SMARTS) is 1. The van der Waals surface area contributed by atoms with Gasteiger partial charge in [0.25, 0.3) is 0 Å². The minimum Gasteiger partial charge on any atom is -0.481 e. The van der Waals surface area contributed by atoms with Crippen molar-refractivity contribution < 1.29 is 39.1 Å². The number of morpholine rings is 1. The standard InChI is InChI=1S/C29H52N4O8S/c1-5-6-19-9-10-30-20(17-19)28(38)32-23(18(2)3)26-24(36)25(37)27(29(41-26)42-4)40-21(7-8-22(34)35)31-11-12-33-13-15-39-16-14-33/h18-20,23-27,29-30,36-37H,5-17H2,1-4H3,(H,32,38)(H,34,35). The van der Waals surface area contributed by atoms with Gasteiger partial charge in [-0.3, -0.25) is 19.5 Å². The summed E-state index contributed by atoms with van der Waals surface area (Å²) in [5, 5.41) is 38.2. The summed E-state index contributed by atoms with van der Waals surface area (Å²) >= 11 is 1.32. The average molecular weight is 617 g/mol. The number of nitrogens with one attached hydrogen (secondary N) is 2. The van der Waals surface area contributed by atoms with Gasteiger partial charge in [0.15, 0.2) is 12.0 Å². The lowest BCUT2D eigenvalue weighted by molar-refractivity contribution is -0.204. The summed E-state index contributed by atoms with van der Waals surface area (Å²) in [6.45, 7) is 10.9. The molecule has 0 aromatic carbocycles. The first-order chi connectivity index (χ1) is 20.1. The van der Waals surface area contributed by atoms with E-state index in [2.05, 4.69) is 27.4 Å². The molecule has 12 nitrogen and oxygen atoms in total. The van der Waals surface area contributed by atoms with Gasteiger partial charge in [-0.05, 0) is 37.5 Å². The third kappa shape index (κ3) is 10.3. The molecule has 0 aromatic rings. The van der Waals surface area contributed by atoms with Crippen LogP contribution in [0.15, 0.2) is 4.99 Å². The third-order valence-electron chi connectivity index (χ3n) is 8.35. The quantitative estimate of drug-likeness (QED) is 0.140. The number of aliphatic hydroxyl groups is 2. The SMILES string of the molecule is CCCC1CCNC(C(=O)NC(C(C)C)C2OC(SC)C(OC(CCC(=O)O)=NCCN3CCOCC3)C(O)C2O)C1. The van der Waals surface area contributed by atoms with E-state index in [0.717, 1.165) is 45.3 Å². The summed E-state index contributed by atoms with van der Waals surface area (Å²) in [4.78, 5) is 31.4. The summed E-state index contributed by atoms with van der Waals surface area (Å²) in [5.74, 6) is -0.467. The Balaban J connectivity index is 1.68. The number of hydrogen-bond donors (Lipinski definition) is 5. The topological polar surface area (TPSA) is 162 Å². The highest BCUT2D eigenvalue weighted by Crippen LogP contribution is 2.33. The summed E-state index contributed by atoms with van der Waals surface area (Å²) in [5.41, 5.74) is -0.678. The van der Waals surface area contributed by atoms with Gasteiger partial charge in [-0.15, -0.1) is 11.8 Å². The molecule has 3 aliphatic heterocycles. The van der Waals surface area contributed by atoms with E-state index in [1.54, 1.807) is 0 Å². The van der Waals surface area contributed by atoms with Crippen LogP contribution in [0.1, 0.15) is 59.3 Å². The minimum absolute atomic E-state index is 0.0559. The molecule has 0 aliphatic carbocycles. The van der Waals surface area contributed by atoms with Crippen molar-refractivity contribution >= 4 is 29.5 Å². The van der Waals surface area contributed by atoms with Crippen LogP contribution in [0, 0.1) is 11.8 Å². The number of hydrogen-bond acceptors (Lipinski definition) is 11. The van der Waals surface area contributed by atoms with Crippen molar-refractivity contribution in [1.82, 2.24) is 15.5 Å². The van der Waals surface area contributed by atoms with Crippen LogP contribution >= 0.6 is 11.8 Å². The van der Waals surface area contributed by atoms with Gasteiger partial charge in [0.05, 0.1) is 38.3 Å². The fraction of sp³-hybridized carbons (Fsp3) is 0.897. The maximum absolute atomic E-state index is 13.3. The molecule has 3 heterocycles. The molecular formula is C29H52N4O8S. The third-order valence-corrected chi connectivity index (χ3v) is 9.20. The van der Waals surface area contributed by atoms with Crippen molar-refractivity contribution in [1.29, 1.82) is 0 Å². The van der Waals surface area contributed by atoms with Crippen LogP contribution in [0.2, 0.25) is 0 Å². The van der Waals surface area contributed by atoms with Gasteiger partial charge in [-0.25, -0.2) is 0 Å². The van der Waals surface area contributed by atoms with Crippen molar-refractivity contribution in [3.8, 4) is 0 Å². The Morgan fingerprint density at radius 3 is 2.57 bits per heavy atom. The molecule has 0 saturated carbocycles. The van der Waals surface area contributed by atoms with Crippen molar-refractivity contribution in [2.75, 3.05) is 52.2 Å². The lowest BCUT2D eigenvalue weighted by atomic mass is 9.86. The van der Waals surface area contributed by atoms with E-state index >= 15 is 0 Å². The number of rotatable bonds is 14. The highest BCUT2D eigenvalue weighted by Gasteiger charge is 2.50. The largest absolute Gasteiger partial charge is 0.481 e. The van der Waals surface area contributed by atoms with Gasteiger partial charge in [-0.1, -0.05) is 33.6 Å². The van der Waals surface area contributed by atoms with Crippen molar-refractivity contribution in [2.45, 2.75) is 101 Å². The first-order valence-corrected chi connectivity index (χ1v) is 16.7. The molecule has 42 heavy (non-hydrogen) atoms. The fourth-order valence-corrected chi connectivity index (χ4v) is 6.65. The van der Waals surface area contributed by atoms with Crippen LogP contribution < -0.4 is 10.6 Å². The maximum atomic E-state index is 13.3. The number of piperidine rings is 1. The highest BCUT2D eigenvalue weighted by atomic mass is 32.2. The number of aliphatic imine (C=N–C) groups is 1. The van der Waals surface area contributed by atoms with E-state index in [-0.39, 0.29) is 36.6 Å². The van der Waals surface area contributed by atoms with Crippen LogP contribution in [-0.4, -0.2) is 132 Å². The Labute approximate surface area is 254 Å². The van der Waals surface area contributed by atoms with Crippen molar-refractivity contribution in [2.24, 2.45) is 16.8 Å². The smallest absolute Gasteiger partial charge is 0.303 e. The van der Waals surface area contributed by atoms with Crippen LogP contribution in [0.4, 0.5) is 0 Å². The zero-order valence-electron chi connectivity index (χ0n) is 25.6. The predicted molar refractivity (Wildman–Crippen MR) is 162 cm³/mol. The van der Waals surface area contributed by atoms with Gasteiger partial charge in [-0.2, -0.15) is 0 Å². The first kappa shape index (κ1) is 35.0. The Bertz CT molecular complexity index is 871. The lowest BCUT2D eigenvalue weighted by Crippen LogP contribution is -2.65. The van der Waals surface area contributed by atoms with Crippen LogP contribution in [0.5, 0.6) is 0 Å². The van der Waals surface area contributed by atoms with E-state index < -0.39 is 41.9 Å². The van der Waals surface area contributed by atoms with Crippen LogP contribution in [-0.2, 0) is 23.8 Å². The number of carboxylic acids is 1. The average Bonchev–Trinajstić information content (AvgIpc) is 2.97. The number of nitrogens with zero attached hydrogens (tertiary/aromatic N) is 2. The summed E-state index contributed by atoms with van der Waals surface area (Å²) in [6.07, 6.45) is 1.20. The Morgan fingerprint density at radius 1 is 1.19 bits per heavy atom. The van der Waals surface area contributed by atoms with E-state index in [0.29, 0.717) is 32.2 Å². The van der Waals surface area contributed by atoms with Crippen molar-refractivity contribution in [3.63, 3.8) is 0 Å². The zero-order chi connectivity index (χ0) is 30.6. The predicted octanol–water partition coefficient (Wildman–Crippen LogP) is 1.09. The highest BCUT2D eigenvalue weighted by molar-refractivity contribution is 7.99. The van der Waals surface area contributed by atoms with Crippen molar-refractivity contribution in [3.05, 3.63) is 0 Å². The van der Waals surface area contributed by atoms with Gasteiger partial charge in [0, 0.05) is 26.1 Å². The van der Waals surface area contributed by atoms with Gasteiger partial charge in [0.1, 0.15) is 23.7 Å². The normalized spacial score (nSPS) is 32.0. The maximum Gasteiger partial charge on any atom is 0.303 e. The van der Waals surface area contributed by atoms with E-state index in [1.165, 1.54) is 11.8 Å². The Kier molecular flexibility index (Phi) is 14.8.